The SMILES string of the molecule is CC(F)(F)C(F)(F)C(F)(F)C(F)(F)OC(=O)C=CC(=O)OCCC[Si](C)(C)C. The predicted molar refractivity (Wildman–Crippen MR) is 84.4 cm³/mol. The van der Waals surface area contributed by atoms with E-state index in [1.807, 2.05) is 0 Å². The molecule has 0 N–H and O–H groups in total. The Kier molecular flexibility index (Phi) is 8.26. The zero-order valence-electron chi connectivity index (χ0n) is 15.4. The number of hydrogen-bond donors (Lipinski definition) is 0. The lowest BCUT2D eigenvalue weighted by molar-refractivity contribution is -0.413. The van der Waals surface area contributed by atoms with Gasteiger partial charge in [0, 0.05) is 27.1 Å². The first-order valence-electron chi connectivity index (χ1n) is 7.84. The Labute approximate surface area is 156 Å². The molecule has 0 unspecified atom stereocenters. The number of alkyl halides is 8. The molecular formula is C15H20F8O4Si. The Bertz CT molecular complexity index is 594. The fourth-order valence-electron chi connectivity index (χ4n) is 1.64. The minimum Gasteiger partial charge on any atom is -0.463 e. The van der Waals surface area contributed by atoms with Crippen LogP contribution in [0, 0.1) is 0 Å². The summed E-state index contributed by atoms with van der Waals surface area (Å²) >= 11 is 0. The molecule has 0 aliphatic rings. The highest BCUT2D eigenvalue weighted by atomic mass is 28.3. The molecule has 13 heteroatoms. The summed E-state index contributed by atoms with van der Waals surface area (Å²) in [6.45, 7) is 5.40. The van der Waals surface area contributed by atoms with Gasteiger partial charge in [-0.05, 0) is 6.42 Å². The molecule has 0 bridgehead atoms. The van der Waals surface area contributed by atoms with Gasteiger partial charge < -0.3 is 9.47 Å². The van der Waals surface area contributed by atoms with Crippen LogP contribution in [-0.4, -0.2) is 50.5 Å². The molecule has 164 valence electrons. The van der Waals surface area contributed by atoms with Crippen LogP contribution in [0.3, 0.4) is 0 Å². The maximum atomic E-state index is 13.2. The van der Waals surface area contributed by atoms with E-state index in [0.717, 1.165) is 6.04 Å². The molecule has 0 amide bonds. The van der Waals surface area contributed by atoms with Gasteiger partial charge in [-0.3, -0.25) is 0 Å². The van der Waals surface area contributed by atoms with E-state index in [1.54, 1.807) is 0 Å². The van der Waals surface area contributed by atoms with Crippen LogP contribution in [0.15, 0.2) is 12.2 Å². The van der Waals surface area contributed by atoms with Crippen molar-refractivity contribution in [2.75, 3.05) is 6.61 Å². The van der Waals surface area contributed by atoms with Gasteiger partial charge in [0.15, 0.2) is 0 Å². The number of ether oxygens (including phenoxy) is 2. The molecule has 0 aliphatic heterocycles. The normalized spacial score (nSPS) is 14.3. The molecule has 0 aromatic carbocycles. The first-order valence-corrected chi connectivity index (χ1v) is 11.5. The number of carbonyl (C=O) groups excluding carboxylic acids is 2. The van der Waals surface area contributed by atoms with Crippen LogP contribution < -0.4 is 0 Å². The van der Waals surface area contributed by atoms with Gasteiger partial charge in [-0.1, -0.05) is 25.7 Å². The van der Waals surface area contributed by atoms with E-state index in [0.29, 0.717) is 6.42 Å². The smallest absolute Gasteiger partial charge is 0.463 e. The number of rotatable bonds is 10. The first-order chi connectivity index (χ1) is 12.2. The lowest BCUT2D eigenvalue weighted by Gasteiger charge is -2.34. The number of carbonyl (C=O) groups is 2. The average Bonchev–Trinajstić information content (AvgIpc) is 2.46. The van der Waals surface area contributed by atoms with Gasteiger partial charge in [0.1, 0.15) is 0 Å². The van der Waals surface area contributed by atoms with E-state index >= 15 is 0 Å². The maximum Gasteiger partial charge on any atom is 0.473 e. The molecule has 0 spiro atoms. The minimum absolute atomic E-state index is 0.0610. The summed E-state index contributed by atoms with van der Waals surface area (Å²) in [5.41, 5.74) is 0. The molecule has 0 aromatic heterocycles. The van der Waals surface area contributed by atoms with Crippen molar-refractivity contribution in [3.8, 4) is 0 Å². The molecule has 0 fully saturated rings. The van der Waals surface area contributed by atoms with Gasteiger partial charge in [0.05, 0.1) is 6.61 Å². The standard InChI is InChI=1S/C15H20F8O4Si/c1-12(16,17)13(18,19)14(20,21)15(22,23)27-11(25)7-6-10(24)26-8-5-9-28(2,3)4/h6-7H,5,8-9H2,1-4H3. The Balaban J connectivity index is 4.88. The molecule has 0 aliphatic carbocycles. The van der Waals surface area contributed by atoms with E-state index in [-0.39, 0.29) is 18.8 Å². The van der Waals surface area contributed by atoms with E-state index in [4.69, 9.17) is 0 Å². The summed E-state index contributed by atoms with van der Waals surface area (Å²) in [6, 6.07) is 0.795. The van der Waals surface area contributed by atoms with Crippen LogP contribution >= 0.6 is 0 Å². The van der Waals surface area contributed by atoms with E-state index in [2.05, 4.69) is 29.1 Å². The summed E-state index contributed by atoms with van der Waals surface area (Å²) < 4.78 is 111. The van der Waals surface area contributed by atoms with Gasteiger partial charge in [-0.2, -0.15) is 35.1 Å². The molecule has 0 heterocycles. The highest BCUT2D eigenvalue weighted by Gasteiger charge is 2.81. The van der Waals surface area contributed by atoms with Crippen LogP contribution in [0.25, 0.3) is 0 Å². The number of hydrogen-bond acceptors (Lipinski definition) is 4. The lowest BCUT2D eigenvalue weighted by atomic mass is 10.1. The minimum atomic E-state index is -6.72. The summed E-state index contributed by atoms with van der Waals surface area (Å²) in [7, 11) is -1.39. The second kappa shape index (κ2) is 8.78. The van der Waals surface area contributed by atoms with Gasteiger partial charge in [0.25, 0.3) is 0 Å². The molecule has 4 nitrogen and oxygen atoms in total. The van der Waals surface area contributed by atoms with Gasteiger partial charge in [-0.25, -0.2) is 9.59 Å². The van der Waals surface area contributed by atoms with Crippen molar-refractivity contribution >= 4 is 20.0 Å². The summed E-state index contributed by atoms with van der Waals surface area (Å²) in [5, 5.41) is 0. The highest BCUT2D eigenvalue weighted by Crippen LogP contribution is 2.52. The summed E-state index contributed by atoms with van der Waals surface area (Å²) in [4.78, 5) is 22.4. The summed E-state index contributed by atoms with van der Waals surface area (Å²) in [5.74, 6) is -22.3. The predicted octanol–water partition coefficient (Wildman–Crippen LogP) is 4.88. The highest BCUT2D eigenvalue weighted by molar-refractivity contribution is 6.76. The quantitative estimate of drug-likeness (QED) is 0.159. The van der Waals surface area contributed by atoms with Crippen LogP contribution in [0.2, 0.25) is 25.7 Å². The van der Waals surface area contributed by atoms with Crippen molar-refractivity contribution in [3.05, 3.63) is 12.2 Å². The van der Waals surface area contributed by atoms with Gasteiger partial charge in [-0.15, -0.1) is 0 Å². The van der Waals surface area contributed by atoms with Crippen molar-refractivity contribution < 1.29 is 54.2 Å². The largest absolute Gasteiger partial charge is 0.473 e. The first kappa shape index (κ1) is 26.3. The molecule has 0 atom stereocenters. The average molecular weight is 444 g/mol. The van der Waals surface area contributed by atoms with Crippen molar-refractivity contribution in [2.45, 2.75) is 62.9 Å². The summed E-state index contributed by atoms with van der Waals surface area (Å²) in [6.07, 6.45) is -5.62. The number of halogens is 8. The molecule has 28 heavy (non-hydrogen) atoms. The zero-order valence-corrected chi connectivity index (χ0v) is 16.4. The van der Waals surface area contributed by atoms with Crippen LogP contribution in [0.4, 0.5) is 35.1 Å². The van der Waals surface area contributed by atoms with Crippen molar-refractivity contribution in [1.29, 1.82) is 0 Å². The van der Waals surface area contributed by atoms with Crippen LogP contribution in [0.1, 0.15) is 13.3 Å². The topological polar surface area (TPSA) is 52.6 Å². The molecule has 0 saturated heterocycles. The molecule has 0 saturated carbocycles. The number of esters is 2. The van der Waals surface area contributed by atoms with Gasteiger partial charge >= 0.3 is 35.8 Å². The Morgan fingerprint density at radius 1 is 0.857 bits per heavy atom. The lowest BCUT2D eigenvalue weighted by Crippen LogP contribution is -2.62. The Morgan fingerprint density at radius 2 is 1.32 bits per heavy atom. The second-order valence-electron chi connectivity index (χ2n) is 7.14. The third-order valence-corrected chi connectivity index (χ3v) is 5.06. The van der Waals surface area contributed by atoms with Gasteiger partial charge in [0.2, 0.25) is 0 Å². The van der Waals surface area contributed by atoms with Crippen molar-refractivity contribution in [1.82, 2.24) is 0 Å². The van der Waals surface area contributed by atoms with Crippen molar-refractivity contribution in [2.24, 2.45) is 0 Å². The van der Waals surface area contributed by atoms with E-state index in [9.17, 15) is 44.7 Å². The molecular weight excluding hydrogens is 424 g/mol. The zero-order chi connectivity index (χ0) is 22.6. The van der Waals surface area contributed by atoms with E-state index in [1.165, 1.54) is 0 Å². The molecule has 0 aromatic rings. The van der Waals surface area contributed by atoms with Crippen LogP contribution in [-0.2, 0) is 19.1 Å². The third kappa shape index (κ3) is 7.06. The molecule has 0 rings (SSSR count). The fourth-order valence-corrected chi connectivity index (χ4v) is 2.85. The maximum absolute atomic E-state index is 13.2. The Morgan fingerprint density at radius 3 is 1.75 bits per heavy atom. The third-order valence-electron chi connectivity index (χ3n) is 3.21. The van der Waals surface area contributed by atoms with Crippen LogP contribution in [0.5, 0.6) is 0 Å². The van der Waals surface area contributed by atoms with E-state index < -0.39 is 50.8 Å². The second-order valence-corrected chi connectivity index (χ2v) is 12.8. The monoisotopic (exact) mass is 444 g/mol. The fraction of sp³-hybridized carbons (Fsp3) is 0.733. The van der Waals surface area contributed by atoms with Crippen molar-refractivity contribution in [3.63, 3.8) is 0 Å². The Hall–Kier alpha value is -1.66. The molecule has 0 radical (unpaired) electrons.